The van der Waals surface area contributed by atoms with E-state index < -0.39 is 5.97 Å². The number of hydrogen-bond acceptors (Lipinski definition) is 7. The Kier molecular flexibility index (Phi) is 7.22. The number of esters is 1. The number of anilines is 1. The maximum Gasteiger partial charge on any atom is 0.337 e. The van der Waals surface area contributed by atoms with Crippen molar-refractivity contribution in [2.75, 3.05) is 25.1 Å². The van der Waals surface area contributed by atoms with Gasteiger partial charge in [-0.1, -0.05) is 36.4 Å². The highest BCUT2D eigenvalue weighted by molar-refractivity contribution is 6.22. The number of aliphatic imine (C=N–C) groups is 2. The number of allylic oxidation sites excluding steroid dienone is 1. The fourth-order valence-corrected chi connectivity index (χ4v) is 4.70. The molecule has 9 heteroatoms. The van der Waals surface area contributed by atoms with Crippen LogP contribution in [0.2, 0.25) is 0 Å². The lowest BCUT2D eigenvalue weighted by atomic mass is 10.00. The van der Waals surface area contributed by atoms with E-state index in [9.17, 15) is 14.7 Å². The van der Waals surface area contributed by atoms with E-state index in [0.29, 0.717) is 46.4 Å². The second-order valence-electron chi connectivity index (χ2n) is 8.91. The van der Waals surface area contributed by atoms with Gasteiger partial charge in [0.25, 0.3) is 0 Å². The number of carbonyl (C=O) groups is 2. The first-order valence-electron chi connectivity index (χ1n) is 12.4. The summed E-state index contributed by atoms with van der Waals surface area (Å²) in [7, 11) is 1.32. The highest BCUT2D eigenvalue weighted by atomic mass is 16.5. The Morgan fingerprint density at radius 3 is 2.69 bits per heavy atom. The molecule has 5 rings (SSSR count). The summed E-state index contributed by atoms with van der Waals surface area (Å²) in [5.41, 5.74) is 10.7. The fourth-order valence-electron chi connectivity index (χ4n) is 4.70. The number of amides is 1. The van der Waals surface area contributed by atoms with Crippen LogP contribution in [-0.2, 0) is 16.0 Å². The van der Waals surface area contributed by atoms with Gasteiger partial charge in [-0.3, -0.25) is 9.79 Å². The normalized spacial score (nSPS) is 13.5. The summed E-state index contributed by atoms with van der Waals surface area (Å²) in [6.45, 7) is 0.611. The monoisotopic (exact) mass is 521 g/mol. The van der Waals surface area contributed by atoms with E-state index in [1.165, 1.54) is 19.5 Å². The van der Waals surface area contributed by atoms with Crippen LogP contribution in [0.1, 0.15) is 27.0 Å². The largest absolute Gasteiger partial charge is 0.494 e. The van der Waals surface area contributed by atoms with Crippen LogP contribution in [0.4, 0.5) is 11.4 Å². The number of rotatable bonds is 7. The third-order valence-electron chi connectivity index (χ3n) is 6.51. The van der Waals surface area contributed by atoms with Gasteiger partial charge in [0.15, 0.2) is 5.88 Å². The number of nitrogens with zero attached hydrogens (tertiary/aromatic N) is 3. The third-order valence-corrected chi connectivity index (χ3v) is 6.51. The van der Waals surface area contributed by atoms with Crippen LogP contribution < -0.4 is 10.6 Å². The Balaban J connectivity index is 1.54. The van der Waals surface area contributed by atoms with Crippen LogP contribution in [0.5, 0.6) is 5.88 Å². The van der Waals surface area contributed by atoms with Crippen molar-refractivity contribution in [3.8, 4) is 5.88 Å². The molecule has 0 bridgehead atoms. The Morgan fingerprint density at radius 1 is 1.10 bits per heavy atom. The predicted molar refractivity (Wildman–Crippen MR) is 152 cm³/mol. The minimum Gasteiger partial charge on any atom is -0.494 e. The average molecular weight is 522 g/mol. The van der Waals surface area contributed by atoms with Gasteiger partial charge in [0.2, 0.25) is 5.91 Å². The summed E-state index contributed by atoms with van der Waals surface area (Å²) < 4.78 is 4.83. The Hall–Kier alpha value is -5.18. The SMILES string of the molecule is COC(=O)c1ccc2c(C(=Nc3ccc4c(c3)CCN4C(=O)CN=CC=CN)c3ccccc3)c(O)[nH]c2c1. The number of aromatic hydroxyl groups is 1. The number of nitrogens with two attached hydrogens (primary N) is 1. The van der Waals surface area contributed by atoms with Gasteiger partial charge in [0.1, 0.15) is 6.54 Å². The van der Waals surface area contributed by atoms with Gasteiger partial charge in [0, 0.05) is 34.9 Å². The van der Waals surface area contributed by atoms with Crippen molar-refractivity contribution in [3.05, 3.63) is 101 Å². The molecule has 3 aromatic carbocycles. The Labute approximate surface area is 225 Å². The number of carbonyl (C=O) groups excluding carboxylic acids is 2. The Morgan fingerprint density at radius 2 is 1.92 bits per heavy atom. The number of fused-ring (bicyclic) bond motifs is 2. The summed E-state index contributed by atoms with van der Waals surface area (Å²) in [6, 6.07) is 20.4. The van der Waals surface area contributed by atoms with E-state index in [2.05, 4.69) is 9.98 Å². The molecule has 0 saturated carbocycles. The van der Waals surface area contributed by atoms with Gasteiger partial charge in [-0.15, -0.1) is 0 Å². The van der Waals surface area contributed by atoms with Gasteiger partial charge in [-0.2, -0.15) is 0 Å². The number of aromatic nitrogens is 1. The van der Waals surface area contributed by atoms with Crippen molar-refractivity contribution in [2.45, 2.75) is 6.42 Å². The number of ether oxygens (including phenoxy) is 1. The van der Waals surface area contributed by atoms with Crippen molar-refractivity contribution in [2.24, 2.45) is 15.7 Å². The molecular weight excluding hydrogens is 494 g/mol. The lowest BCUT2D eigenvalue weighted by Crippen LogP contribution is -2.30. The van der Waals surface area contributed by atoms with Gasteiger partial charge in [0.05, 0.1) is 29.6 Å². The quantitative estimate of drug-likeness (QED) is 0.247. The molecule has 4 aromatic rings. The van der Waals surface area contributed by atoms with Crippen molar-refractivity contribution in [1.82, 2.24) is 4.98 Å². The molecule has 1 aliphatic rings. The fraction of sp³-hybridized carbons (Fsp3) is 0.133. The van der Waals surface area contributed by atoms with Crippen molar-refractivity contribution < 1.29 is 19.4 Å². The zero-order valence-electron chi connectivity index (χ0n) is 21.3. The standard InChI is InChI=1S/C30H27N5O4/c1-39-30(38)21-8-10-23-24(17-21)34-29(37)27(23)28(19-6-3-2-4-7-19)33-22-9-11-25-20(16-22)12-15-35(25)26(36)18-32-14-5-13-31/h2-11,13-14,16-17,34,37H,12,15,18,31H2,1H3. The third kappa shape index (κ3) is 5.15. The molecule has 1 amide bonds. The van der Waals surface area contributed by atoms with Gasteiger partial charge in [-0.05, 0) is 54.6 Å². The molecule has 9 nitrogen and oxygen atoms in total. The lowest BCUT2D eigenvalue weighted by molar-refractivity contribution is -0.117. The Bertz CT molecular complexity index is 1640. The van der Waals surface area contributed by atoms with E-state index >= 15 is 0 Å². The smallest absolute Gasteiger partial charge is 0.337 e. The molecule has 4 N–H and O–H groups in total. The zero-order chi connectivity index (χ0) is 27.4. The van der Waals surface area contributed by atoms with Crippen molar-refractivity contribution in [3.63, 3.8) is 0 Å². The maximum atomic E-state index is 12.7. The van der Waals surface area contributed by atoms with Crippen LogP contribution in [0.25, 0.3) is 10.9 Å². The van der Waals surface area contributed by atoms with Crippen LogP contribution in [0, 0.1) is 0 Å². The average Bonchev–Trinajstić information content (AvgIpc) is 3.53. The first-order valence-corrected chi connectivity index (χ1v) is 12.4. The summed E-state index contributed by atoms with van der Waals surface area (Å²) in [4.78, 5) is 38.5. The number of H-pyrrole nitrogens is 1. The molecule has 0 spiro atoms. The molecule has 0 unspecified atom stereocenters. The summed E-state index contributed by atoms with van der Waals surface area (Å²) >= 11 is 0. The van der Waals surface area contributed by atoms with E-state index in [1.54, 1.807) is 29.2 Å². The minimum absolute atomic E-state index is 0.0410. The molecule has 0 aliphatic carbocycles. The van der Waals surface area contributed by atoms with Crippen LogP contribution in [-0.4, -0.2) is 54.1 Å². The molecule has 0 radical (unpaired) electrons. The van der Waals surface area contributed by atoms with Crippen LogP contribution in [0.15, 0.2) is 89.0 Å². The highest BCUT2D eigenvalue weighted by Gasteiger charge is 2.25. The van der Waals surface area contributed by atoms with Gasteiger partial charge >= 0.3 is 5.97 Å². The molecular formula is C30H27N5O4. The molecule has 1 aromatic heterocycles. The predicted octanol–water partition coefficient (Wildman–Crippen LogP) is 4.26. The van der Waals surface area contributed by atoms with E-state index in [1.807, 2.05) is 48.5 Å². The summed E-state index contributed by atoms with van der Waals surface area (Å²) in [5.74, 6) is -0.612. The molecule has 0 atom stereocenters. The first kappa shape index (κ1) is 25.5. The van der Waals surface area contributed by atoms with Gasteiger partial charge in [-0.25, -0.2) is 9.79 Å². The maximum absolute atomic E-state index is 12.7. The minimum atomic E-state index is -0.464. The topological polar surface area (TPSA) is 133 Å². The molecule has 196 valence electrons. The zero-order valence-corrected chi connectivity index (χ0v) is 21.3. The molecule has 0 saturated heterocycles. The first-order chi connectivity index (χ1) is 19.0. The molecule has 39 heavy (non-hydrogen) atoms. The second kappa shape index (κ2) is 11.1. The van der Waals surface area contributed by atoms with E-state index in [-0.39, 0.29) is 18.3 Å². The van der Waals surface area contributed by atoms with Gasteiger partial charge < -0.3 is 25.5 Å². The molecule has 1 aliphatic heterocycles. The van der Waals surface area contributed by atoms with E-state index in [0.717, 1.165) is 16.8 Å². The number of aromatic amines is 1. The number of methoxy groups -OCH3 is 1. The summed E-state index contributed by atoms with van der Waals surface area (Å²) in [6.07, 6.45) is 5.14. The number of nitrogens with one attached hydrogen (secondary N) is 1. The van der Waals surface area contributed by atoms with Crippen molar-refractivity contribution >= 4 is 46.1 Å². The number of hydrogen-bond donors (Lipinski definition) is 3. The second-order valence-corrected chi connectivity index (χ2v) is 8.91. The molecule has 0 fully saturated rings. The highest BCUT2D eigenvalue weighted by Crippen LogP contribution is 2.35. The van der Waals surface area contributed by atoms with Crippen LogP contribution in [0.3, 0.4) is 0 Å². The lowest BCUT2D eigenvalue weighted by Gasteiger charge is -2.16. The number of benzene rings is 3. The van der Waals surface area contributed by atoms with Crippen LogP contribution >= 0.6 is 0 Å². The van der Waals surface area contributed by atoms with Crippen molar-refractivity contribution in [1.29, 1.82) is 0 Å². The summed E-state index contributed by atoms with van der Waals surface area (Å²) in [5, 5.41) is 11.7. The molecule has 2 heterocycles. The van der Waals surface area contributed by atoms with E-state index in [4.69, 9.17) is 15.5 Å².